The summed E-state index contributed by atoms with van der Waals surface area (Å²) in [5.41, 5.74) is 2.14. The number of nitrogens with zero attached hydrogens (tertiary/aromatic N) is 3. The summed E-state index contributed by atoms with van der Waals surface area (Å²) in [7, 11) is 3.42. The predicted molar refractivity (Wildman–Crippen MR) is 114 cm³/mol. The summed E-state index contributed by atoms with van der Waals surface area (Å²) in [6, 6.07) is 9.56. The number of likely N-dealkylation sites (tertiary alicyclic amines) is 1. The third kappa shape index (κ3) is 6.70. The van der Waals surface area contributed by atoms with E-state index in [1.54, 1.807) is 26.4 Å². The van der Waals surface area contributed by atoms with Gasteiger partial charge in [-0.3, -0.25) is 9.88 Å². The first kappa shape index (κ1) is 21.6. The van der Waals surface area contributed by atoms with E-state index >= 15 is 0 Å². The average Bonchev–Trinajstić information content (AvgIpc) is 2.75. The Labute approximate surface area is 174 Å². The standard InChI is InChI=1S/C23H33N3O3/c1-28-14-13-25-11-7-20(8-12-25)17-26(16-19-5-9-24-10-6-19)18-21-15-22(29-2)3-4-23(21)27/h3-6,9-10,15,20,27H,7-8,11-14,16-18H2,1-2H3. The van der Waals surface area contributed by atoms with Gasteiger partial charge in [-0.25, -0.2) is 0 Å². The molecule has 0 aliphatic carbocycles. The summed E-state index contributed by atoms with van der Waals surface area (Å²) in [5.74, 6) is 1.75. The number of ether oxygens (including phenoxy) is 2. The highest BCUT2D eigenvalue weighted by molar-refractivity contribution is 5.39. The van der Waals surface area contributed by atoms with Crippen LogP contribution in [0.5, 0.6) is 11.5 Å². The van der Waals surface area contributed by atoms with Gasteiger partial charge in [0.25, 0.3) is 0 Å². The smallest absolute Gasteiger partial charge is 0.120 e. The number of hydrogen-bond donors (Lipinski definition) is 1. The van der Waals surface area contributed by atoms with Gasteiger partial charge in [-0.2, -0.15) is 0 Å². The maximum atomic E-state index is 10.4. The summed E-state index contributed by atoms with van der Waals surface area (Å²) in [6.45, 7) is 6.61. The van der Waals surface area contributed by atoms with Crippen LogP contribution in [0.4, 0.5) is 0 Å². The van der Waals surface area contributed by atoms with Crippen molar-refractivity contribution in [2.24, 2.45) is 5.92 Å². The minimum absolute atomic E-state index is 0.319. The molecule has 29 heavy (non-hydrogen) atoms. The highest BCUT2D eigenvalue weighted by atomic mass is 16.5. The Morgan fingerprint density at radius 2 is 1.86 bits per heavy atom. The van der Waals surface area contributed by atoms with Crippen molar-refractivity contribution < 1.29 is 14.6 Å². The van der Waals surface area contributed by atoms with Gasteiger partial charge in [-0.05, 0) is 67.7 Å². The Kier molecular flexibility index (Phi) is 8.28. The second-order valence-electron chi connectivity index (χ2n) is 7.80. The third-order valence-corrected chi connectivity index (χ3v) is 5.67. The molecule has 0 unspecified atom stereocenters. The summed E-state index contributed by atoms with van der Waals surface area (Å²) >= 11 is 0. The molecule has 6 nitrogen and oxygen atoms in total. The van der Waals surface area contributed by atoms with Crippen molar-refractivity contribution in [1.29, 1.82) is 0 Å². The van der Waals surface area contributed by atoms with Crippen LogP contribution in [0, 0.1) is 5.92 Å². The van der Waals surface area contributed by atoms with Crippen molar-refractivity contribution in [2.45, 2.75) is 25.9 Å². The molecule has 1 aliphatic heterocycles. The van der Waals surface area contributed by atoms with Gasteiger partial charge in [-0.1, -0.05) is 0 Å². The van der Waals surface area contributed by atoms with Gasteiger partial charge in [0, 0.05) is 51.2 Å². The van der Waals surface area contributed by atoms with Crippen LogP contribution in [0.15, 0.2) is 42.7 Å². The Morgan fingerprint density at radius 1 is 1.10 bits per heavy atom. The number of aromatic nitrogens is 1. The van der Waals surface area contributed by atoms with Crippen LogP contribution >= 0.6 is 0 Å². The Morgan fingerprint density at radius 3 is 2.55 bits per heavy atom. The van der Waals surface area contributed by atoms with Crippen LogP contribution in [-0.4, -0.2) is 66.9 Å². The summed E-state index contributed by atoms with van der Waals surface area (Å²) in [4.78, 5) is 9.05. The molecule has 2 aromatic rings. The molecule has 6 heteroatoms. The molecule has 2 heterocycles. The van der Waals surface area contributed by atoms with Gasteiger partial charge in [-0.15, -0.1) is 0 Å². The van der Waals surface area contributed by atoms with Crippen molar-refractivity contribution >= 4 is 0 Å². The molecule has 1 aromatic heterocycles. The second kappa shape index (κ2) is 11.1. The lowest BCUT2D eigenvalue weighted by molar-refractivity contribution is 0.103. The van der Waals surface area contributed by atoms with Crippen molar-refractivity contribution in [3.05, 3.63) is 53.9 Å². The number of benzene rings is 1. The normalized spacial score (nSPS) is 15.7. The predicted octanol–water partition coefficient (Wildman–Crippen LogP) is 3.16. The zero-order valence-electron chi connectivity index (χ0n) is 17.6. The SMILES string of the molecule is COCCN1CCC(CN(Cc2ccncc2)Cc2cc(OC)ccc2O)CC1. The van der Waals surface area contributed by atoms with Crippen LogP contribution in [0.25, 0.3) is 0 Å². The number of piperidine rings is 1. The summed E-state index contributed by atoms with van der Waals surface area (Å²) < 4.78 is 10.6. The first-order valence-electron chi connectivity index (χ1n) is 10.4. The molecule has 0 saturated carbocycles. The van der Waals surface area contributed by atoms with E-state index in [0.717, 1.165) is 50.6 Å². The molecular weight excluding hydrogens is 366 g/mol. The molecule has 1 aromatic carbocycles. The minimum Gasteiger partial charge on any atom is -0.508 e. The molecule has 0 radical (unpaired) electrons. The quantitative estimate of drug-likeness (QED) is 0.662. The molecule has 1 saturated heterocycles. The lowest BCUT2D eigenvalue weighted by Crippen LogP contribution is -2.39. The van der Waals surface area contributed by atoms with Crippen molar-refractivity contribution in [2.75, 3.05) is 47.0 Å². The van der Waals surface area contributed by atoms with Crippen LogP contribution < -0.4 is 4.74 Å². The molecule has 0 atom stereocenters. The number of hydrogen-bond acceptors (Lipinski definition) is 6. The van der Waals surface area contributed by atoms with Crippen molar-refractivity contribution in [3.8, 4) is 11.5 Å². The average molecular weight is 400 g/mol. The van der Waals surface area contributed by atoms with E-state index in [4.69, 9.17) is 9.47 Å². The number of rotatable bonds is 10. The van der Waals surface area contributed by atoms with E-state index in [-0.39, 0.29) is 0 Å². The molecule has 0 amide bonds. The molecule has 0 spiro atoms. The zero-order valence-corrected chi connectivity index (χ0v) is 17.6. The molecule has 3 rings (SSSR count). The Balaban J connectivity index is 1.66. The lowest BCUT2D eigenvalue weighted by Gasteiger charge is -2.35. The first-order valence-corrected chi connectivity index (χ1v) is 10.4. The van der Waals surface area contributed by atoms with E-state index < -0.39 is 0 Å². The molecule has 1 aliphatic rings. The maximum Gasteiger partial charge on any atom is 0.120 e. The fraction of sp³-hybridized carbons (Fsp3) is 0.522. The van der Waals surface area contributed by atoms with Crippen LogP contribution in [0.1, 0.15) is 24.0 Å². The number of aromatic hydroxyl groups is 1. The Hall–Kier alpha value is -2.15. The minimum atomic E-state index is 0.319. The fourth-order valence-electron chi connectivity index (χ4n) is 3.97. The van der Waals surface area contributed by atoms with Gasteiger partial charge < -0.3 is 19.5 Å². The van der Waals surface area contributed by atoms with Gasteiger partial charge in [0.1, 0.15) is 11.5 Å². The van der Waals surface area contributed by atoms with Gasteiger partial charge in [0.15, 0.2) is 0 Å². The first-order chi connectivity index (χ1) is 14.2. The summed E-state index contributed by atoms with van der Waals surface area (Å²) in [6.07, 6.45) is 6.07. The van der Waals surface area contributed by atoms with E-state index in [1.165, 1.54) is 18.4 Å². The van der Waals surface area contributed by atoms with Gasteiger partial charge in [0.05, 0.1) is 13.7 Å². The number of phenols is 1. The second-order valence-corrected chi connectivity index (χ2v) is 7.80. The number of methoxy groups -OCH3 is 2. The highest BCUT2D eigenvalue weighted by Crippen LogP contribution is 2.26. The van der Waals surface area contributed by atoms with Gasteiger partial charge in [0.2, 0.25) is 0 Å². The third-order valence-electron chi connectivity index (χ3n) is 5.67. The topological polar surface area (TPSA) is 58.1 Å². The lowest BCUT2D eigenvalue weighted by atomic mass is 9.95. The van der Waals surface area contributed by atoms with Crippen molar-refractivity contribution in [1.82, 2.24) is 14.8 Å². The monoisotopic (exact) mass is 399 g/mol. The largest absolute Gasteiger partial charge is 0.508 e. The van der Waals surface area contributed by atoms with E-state index in [0.29, 0.717) is 18.2 Å². The highest BCUT2D eigenvalue weighted by Gasteiger charge is 2.22. The van der Waals surface area contributed by atoms with E-state index in [1.807, 2.05) is 18.5 Å². The van der Waals surface area contributed by atoms with Crippen LogP contribution in [0.2, 0.25) is 0 Å². The number of pyridine rings is 1. The van der Waals surface area contributed by atoms with Crippen molar-refractivity contribution in [3.63, 3.8) is 0 Å². The molecule has 1 N–H and O–H groups in total. The molecule has 1 fully saturated rings. The summed E-state index contributed by atoms with van der Waals surface area (Å²) in [5, 5.41) is 10.4. The molecular formula is C23H33N3O3. The molecule has 0 bridgehead atoms. The van der Waals surface area contributed by atoms with Crippen LogP contribution in [0.3, 0.4) is 0 Å². The zero-order chi connectivity index (χ0) is 20.5. The fourth-order valence-corrected chi connectivity index (χ4v) is 3.97. The molecule has 158 valence electrons. The number of phenolic OH excluding ortho intramolecular Hbond substituents is 1. The van der Waals surface area contributed by atoms with E-state index in [2.05, 4.69) is 26.9 Å². The van der Waals surface area contributed by atoms with E-state index in [9.17, 15) is 5.11 Å². The Bertz CT molecular complexity index is 733. The maximum absolute atomic E-state index is 10.4. The van der Waals surface area contributed by atoms with Crippen LogP contribution in [-0.2, 0) is 17.8 Å². The van der Waals surface area contributed by atoms with Gasteiger partial charge >= 0.3 is 0 Å².